The van der Waals surface area contributed by atoms with Gasteiger partial charge in [0, 0.05) is 42.4 Å². The number of pyridine rings is 1. The molecule has 0 spiro atoms. The molecule has 11 heteroatoms. The molecule has 0 aliphatic carbocycles. The van der Waals surface area contributed by atoms with Crippen molar-refractivity contribution in [1.82, 2.24) is 10.3 Å². The van der Waals surface area contributed by atoms with Crippen LogP contribution in [0.15, 0.2) is 78.0 Å². The molecule has 10 nitrogen and oxygen atoms in total. The van der Waals surface area contributed by atoms with Crippen molar-refractivity contribution >= 4 is 33.1 Å². The van der Waals surface area contributed by atoms with Crippen molar-refractivity contribution in [2.24, 2.45) is 0 Å². The van der Waals surface area contributed by atoms with E-state index in [9.17, 15) is 23.3 Å². The average Bonchev–Trinajstić information content (AvgIpc) is 2.74. The Morgan fingerprint density at radius 2 is 1.67 bits per heavy atom. The summed E-state index contributed by atoms with van der Waals surface area (Å²) in [5, 5.41) is 16.0. The van der Waals surface area contributed by atoms with E-state index in [0.717, 1.165) is 29.8 Å². The van der Waals surface area contributed by atoms with Crippen LogP contribution in [0.1, 0.15) is 5.56 Å². The molecule has 0 unspecified atom stereocenters. The van der Waals surface area contributed by atoms with E-state index < -0.39 is 21.0 Å². The first-order valence-corrected chi connectivity index (χ1v) is 10.1. The fourth-order valence-electron chi connectivity index (χ4n) is 2.44. The summed E-state index contributed by atoms with van der Waals surface area (Å²) in [5.41, 5.74) is 1.39. The van der Waals surface area contributed by atoms with Crippen LogP contribution in [0.4, 0.5) is 21.9 Å². The van der Waals surface area contributed by atoms with Crippen molar-refractivity contribution < 1.29 is 18.1 Å². The van der Waals surface area contributed by atoms with Gasteiger partial charge in [0.1, 0.15) is 0 Å². The highest BCUT2D eigenvalue weighted by Crippen LogP contribution is 2.20. The molecule has 0 saturated heterocycles. The number of non-ortho nitro benzene ring substituents is 1. The van der Waals surface area contributed by atoms with Crippen molar-refractivity contribution in [3.05, 3.63) is 88.7 Å². The van der Waals surface area contributed by atoms with Gasteiger partial charge >= 0.3 is 6.03 Å². The highest BCUT2D eigenvalue weighted by Gasteiger charge is 2.16. The molecule has 0 aliphatic heterocycles. The minimum absolute atomic E-state index is 0.106. The molecule has 0 fully saturated rings. The van der Waals surface area contributed by atoms with Gasteiger partial charge in [-0.2, -0.15) is 0 Å². The molecule has 30 heavy (non-hydrogen) atoms. The number of carbonyl (C=O) groups is 1. The van der Waals surface area contributed by atoms with Crippen molar-refractivity contribution in [2.75, 3.05) is 10.0 Å². The largest absolute Gasteiger partial charge is 0.334 e. The van der Waals surface area contributed by atoms with Crippen molar-refractivity contribution in [2.45, 2.75) is 11.4 Å². The van der Waals surface area contributed by atoms with Gasteiger partial charge in [-0.1, -0.05) is 6.07 Å². The van der Waals surface area contributed by atoms with Gasteiger partial charge in [0.2, 0.25) is 0 Å². The smallest absolute Gasteiger partial charge is 0.319 e. The monoisotopic (exact) mass is 427 g/mol. The number of nitro groups is 1. The van der Waals surface area contributed by atoms with E-state index in [1.54, 1.807) is 18.5 Å². The Balaban J connectivity index is 1.58. The number of nitrogens with zero attached hydrogens (tertiary/aromatic N) is 2. The molecule has 3 N–H and O–H groups in total. The Kier molecular flexibility index (Phi) is 6.23. The van der Waals surface area contributed by atoms with E-state index in [1.807, 2.05) is 6.07 Å². The van der Waals surface area contributed by atoms with Crippen LogP contribution in [0.2, 0.25) is 0 Å². The highest BCUT2D eigenvalue weighted by molar-refractivity contribution is 7.92. The lowest BCUT2D eigenvalue weighted by Gasteiger charge is -2.10. The first kappa shape index (κ1) is 20.7. The zero-order valence-electron chi connectivity index (χ0n) is 15.5. The zero-order valence-corrected chi connectivity index (χ0v) is 16.3. The first-order chi connectivity index (χ1) is 14.3. The van der Waals surface area contributed by atoms with Crippen LogP contribution in [0, 0.1) is 10.1 Å². The summed E-state index contributed by atoms with van der Waals surface area (Å²) < 4.78 is 27.2. The summed E-state index contributed by atoms with van der Waals surface area (Å²) in [5.74, 6) is 0. The Morgan fingerprint density at radius 3 is 2.27 bits per heavy atom. The topological polar surface area (TPSA) is 143 Å². The molecule has 0 bridgehead atoms. The fourth-order valence-corrected chi connectivity index (χ4v) is 3.50. The van der Waals surface area contributed by atoms with Gasteiger partial charge in [0.05, 0.1) is 9.82 Å². The highest BCUT2D eigenvalue weighted by atomic mass is 32.2. The molecular formula is C19H17N5O5S. The number of sulfonamides is 1. The maximum Gasteiger partial charge on any atom is 0.319 e. The third-order valence-corrected chi connectivity index (χ3v) is 5.33. The lowest BCUT2D eigenvalue weighted by atomic mass is 10.3. The summed E-state index contributed by atoms with van der Waals surface area (Å²) in [7, 11) is -3.91. The Bertz CT molecular complexity index is 1130. The lowest BCUT2D eigenvalue weighted by molar-refractivity contribution is -0.384. The molecule has 1 heterocycles. The molecule has 3 aromatic rings. The number of nitro benzene ring substituents is 1. The summed E-state index contributed by atoms with van der Waals surface area (Å²) >= 11 is 0. The number of carbonyl (C=O) groups excluding carboxylic acids is 1. The van der Waals surface area contributed by atoms with Crippen molar-refractivity contribution in [3.63, 3.8) is 0 Å². The number of hydrogen-bond donors (Lipinski definition) is 3. The summed E-state index contributed by atoms with van der Waals surface area (Å²) in [6.45, 7) is 0.312. The van der Waals surface area contributed by atoms with Crippen LogP contribution in [0.3, 0.4) is 0 Å². The standard InChI is InChI=1S/C19H17N5O5S/c25-19(21-13-14-2-1-11-20-12-14)22-15-3-5-16(6-4-15)23-30(28,29)18-9-7-17(8-10-18)24(26)27/h1-12,23H,13H2,(H2,21,22,25). The normalized spacial score (nSPS) is 10.8. The van der Waals surface area contributed by atoms with Crippen molar-refractivity contribution in [3.8, 4) is 0 Å². The minimum atomic E-state index is -3.91. The third-order valence-electron chi connectivity index (χ3n) is 3.93. The maximum absolute atomic E-state index is 12.4. The van der Waals surface area contributed by atoms with Gasteiger partial charge in [0.25, 0.3) is 15.7 Å². The Morgan fingerprint density at radius 1 is 1.00 bits per heavy atom. The lowest BCUT2D eigenvalue weighted by Crippen LogP contribution is -2.28. The number of rotatable bonds is 7. The first-order valence-electron chi connectivity index (χ1n) is 8.64. The number of benzene rings is 2. The molecule has 2 aromatic carbocycles. The van der Waals surface area contributed by atoms with E-state index in [0.29, 0.717) is 12.2 Å². The number of urea groups is 1. The van der Waals surface area contributed by atoms with Crippen LogP contribution < -0.4 is 15.4 Å². The second kappa shape index (κ2) is 9.01. The second-order valence-corrected chi connectivity index (χ2v) is 7.79. The van der Waals surface area contributed by atoms with Gasteiger partial charge < -0.3 is 10.6 Å². The van der Waals surface area contributed by atoms with Crippen LogP contribution in [-0.2, 0) is 16.6 Å². The fraction of sp³-hybridized carbons (Fsp3) is 0.0526. The molecule has 1 aromatic heterocycles. The van der Waals surface area contributed by atoms with Crippen LogP contribution in [-0.4, -0.2) is 24.4 Å². The van der Waals surface area contributed by atoms with Gasteiger partial charge in [-0.3, -0.25) is 19.8 Å². The van der Waals surface area contributed by atoms with E-state index in [1.165, 1.54) is 24.3 Å². The number of amides is 2. The molecular weight excluding hydrogens is 410 g/mol. The van der Waals surface area contributed by atoms with Gasteiger partial charge in [-0.05, 0) is 48.0 Å². The van der Waals surface area contributed by atoms with E-state index >= 15 is 0 Å². The maximum atomic E-state index is 12.4. The number of nitrogens with one attached hydrogen (secondary N) is 3. The van der Waals surface area contributed by atoms with Gasteiger partial charge in [-0.15, -0.1) is 0 Å². The van der Waals surface area contributed by atoms with Gasteiger partial charge in [0.15, 0.2) is 0 Å². The molecule has 154 valence electrons. The predicted molar refractivity (Wildman–Crippen MR) is 110 cm³/mol. The Labute approximate surface area is 172 Å². The van der Waals surface area contributed by atoms with Gasteiger partial charge in [-0.25, -0.2) is 13.2 Å². The Hall–Kier alpha value is -3.99. The molecule has 0 saturated carbocycles. The SMILES string of the molecule is O=C(NCc1cccnc1)Nc1ccc(NS(=O)(=O)c2ccc([N+](=O)[O-])cc2)cc1. The summed E-state index contributed by atoms with van der Waals surface area (Å²) in [4.78, 5) is 25.9. The van der Waals surface area contributed by atoms with Crippen molar-refractivity contribution in [1.29, 1.82) is 0 Å². The molecule has 2 amide bonds. The zero-order chi connectivity index (χ0) is 21.6. The molecule has 3 rings (SSSR count). The quantitative estimate of drug-likeness (QED) is 0.390. The molecule has 0 atom stereocenters. The molecule has 0 radical (unpaired) electrons. The van der Waals surface area contributed by atoms with Crippen LogP contribution >= 0.6 is 0 Å². The number of anilines is 2. The molecule has 0 aliphatic rings. The van der Waals surface area contributed by atoms with E-state index in [2.05, 4.69) is 20.3 Å². The second-order valence-electron chi connectivity index (χ2n) is 6.10. The summed E-state index contributed by atoms with van der Waals surface area (Å²) in [6.07, 6.45) is 3.28. The van der Waals surface area contributed by atoms with Crippen LogP contribution in [0.5, 0.6) is 0 Å². The van der Waals surface area contributed by atoms with E-state index in [-0.39, 0.29) is 16.3 Å². The minimum Gasteiger partial charge on any atom is -0.334 e. The third kappa shape index (κ3) is 5.52. The predicted octanol–water partition coefficient (Wildman–Crippen LogP) is 3.11. The summed E-state index contributed by atoms with van der Waals surface area (Å²) in [6, 6.07) is 13.8. The number of aromatic nitrogens is 1. The average molecular weight is 427 g/mol. The number of hydrogen-bond acceptors (Lipinski definition) is 6. The van der Waals surface area contributed by atoms with Crippen LogP contribution in [0.25, 0.3) is 0 Å². The van der Waals surface area contributed by atoms with E-state index in [4.69, 9.17) is 0 Å².